The van der Waals surface area contributed by atoms with Crippen molar-refractivity contribution in [1.29, 1.82) is 0 Å². The fourth-order valence-electron chi connectivity index (χ4n) is 5.12. The number of rotatable bonds is 9. The summed E-state index contributed by atoms with van der Waals surface area (Å²) in [5.41, 5.74) is 1.75. The average molecular weight is 517 g/mol. The van der Waals surface area contributed by atoms with Crippen LogP contribution in [-0.4, -0.2) is 53.7 Å². The summed E-state index contributed by atoms with van der Waals surface area (Å²) in [5.74, 6) is -0.301. The fraction of sp³-hybridized carbons (Fsp3) is 0.458. The molecule has 1 aliphatic carbocycles. The van der Waals surface area contributed by atoms with E-state index in [-0.39, 0.29) is 28.5 Å². The van der Waals surface area contributed by atoms with Crippen LogP contribution in [0.1, 0.15) is 43.4 Å². The quantitative estimate of drug-likeness (QED) is 0.366. The summed E-state index contributed by atoms with van der Waals surface area (Å²) in [6, 6.07) is 6.55. The highest BCUT2D eigenvalue weighted by molar-refractivity contribution is 7.80. The second kappa shape index (κ2) is 9.85. The van der Waals surface area contributed by atoms with Gasteiger partial charge in [-0.05, 0) is 56.7 Å². The second-order valence-electron chi connectivity index (χ2n) is 9.42. The van der Waals surface area contributed by atoms with Crippen LogP contribution in [0, 0.1) is 5.82 Å². The summed E-state index contributed by atoms with van der Waals surface area (Å²) in [5, 5.41) is 13.3. The first-order chi connectivity index (χ1) is 17.3. The zero-order chi connectivity index (χ0) is 25.3. The molecule has 3 aromatic rings. The van der Waals surface area contributed by atoms with Gasteiger partial charge in [-0.25, -0.2) is 14.4 Å². The predicted octanol–water partition coefficient (Wildman–Crippen LogP) is 2.89. The van der Waals surface area contributed by atoms with Gasteiger partial charge in [0.25, 0.3) is 0 Å². The predicted molar refractivity (Wildman–Crippen MR) is 130 cm³/mol. The van der Waals surface area contributed by atoms with E-state index < -0.39 is 11.3 Å². The van der Waals surface area contributed by atoms with E-state index in [9.17, 15) is 18.3 Å². The Labute approximate surface area is 210 Å². The minimum absolute atomic E-state index is 0.106. The smallest absolute Gasteiger partial charge is 0.213 e. The van der Waals surface area contributed by atoms with Crippen LogP contribution in [0.2, 0.25) is 0 Å². The lowest BCUT2D eigenvalue weighted by molar-refractivity contribution is -0.165. The molecular formula is C24H27FN5O5S-. The van der Waals surface area contributed by atoms with E-state index in [0.717, 1.165) is 25.7 Å². The number of nitrogens with zero attached hydrogens (tertiary/aromatic N) is 3. The molecule has 192 valence electrons. The van der Waals surface area contributed by atoms with E-state index in [1.807, 2.05) is 0 Å². The lowest BCUT2D eigenvalue weighted by Gasteiger charge is -2.53. The molecule has 1 atom stereocenters. The van der Waals surface area contributed by atoms with Crippen molar-refractivity contribution in [2.24, 2.45) is 0 Å². The first kappa shape index (κ1) is 24.8. The molecule has 36 heavy (non-hydrogen) atoms. The molecule has 1 unspecified atom stereocenters. The first-order valence-corrected chi connectivity index (χ1v) is 12.8. The lowest BCUT2D eigenvalue weighted by Crippen LogP contribution is -2.61. The van der Waals surface area contributed by atoms with Gasteiger partial charge < -0.3 is 24.4 Å². The summed E-state index contributed by atoms with van der Waals surface area (Å²) in [6.45, 7) is 0.922. The van der Waals surface area contributed by atoms with Crippen molar-refractivity contribution in [2.45, 2.75) is 56.2 Å². The number of pyridine rings is 3. The monoisotopic (exact) mass is 516 g/mol. The second-order valence-corrected chi connectivity index (χ2v) is 10.1. The molecule has 0 amide bonds. The summed E-state index contributed by atoms with van der Waals surface area (Å²) in [6.07, 6.45) is 5.88. The maximum absolute atomic E-state index is 14.7. The molecule has 1 saturated carbocycles. The van der Waals surface area contributed by atoms with E-state index in [2.05, 4.69) is 25.0 Å². The number of ether oxygens (including phenoxy) is 2. The Morgan fingerprint density at radius 1 is 1.22 bits per heavy atom. The molecule has 3 N–H and O–H groups in total. The Hall–Kier alpha value is -2.93. The SMILES string of the molecule is COc1ccc2ncc(F)c(CCC34CCC(NCc5ccc(O)c(NS(=O)[O-])n5)(CC3)CO4)c2n1. The van der Waals surface area contributed by atoms with Gasteiger partial charge in [-0.15, -0.1) is 0 Å². The van der Waals surface area contributed by atoms with E-state index >= 15 is 0 Å². The summed E-state index contributed by atoms with van der Waals surface area (Å²) in [4.78, 5) is 12.8. The summed E-state index contributed by atoms with van der Waals surface area (Å²) < 4.78 is 50.2. The van der Waals surface area contributed by atoms with Gasteiger partial charge >= 0.3 is 0 Å². The third-order valence-corrected chi connectivity index (χ3v) is 7.67. The van der Waals surface area contributed by atoms with Crippen LogP contribution in [0.25, 0.3) is 11.0 Å². The molecule has 6 rings (SSSR count). The third-order valence-electron chi connectivity index (χ3n) is 7.31. The zero-order valence-corrected chi connectivity index (χ0v) is 20.6. The van der Waals surface area contributed by atoms with Gasteiger partial charge in [0.05, 0.1) is 42.2 Å². The largest absolute Gasteiger partial charge is 0.755 e. The minimum Gasteiger partial charge on any atom is -0.755 e. The first-order valence-electron chi connectivity index (χ1n) is 11.7. The molecule has 0 aromatic carbocycles. The maximum Gasteiger partial charge on any atom is 0.213 e. The van der Waals surface area contributed by atoms with Crippen LogP contribution >= 0.6 is 0 Å². The number of anilines is 1. The van der Waals surface area contributed by atoms with Gasteiger partial charge in [0.1, 0.15) is 5.82 Å². The van der Waals surface area contributed by atoms with Crippen LogP contribution in [0.4, 0.5) is 10.2 Å². The number of hydrogen-bond donors (Lipinski definition) is 3. The van der Waals surface area contributed by atoms with Gasteiger partial charge in [0.15, 0.2) is 11.6 Å². The number of halogens is 1. The van der Waals surface area contributed by atoms with Crippen LogP contribution in [0.3, 0.4) is 0 Å². The van der Waals surface area contributed by atoms with E-state index in [1.165, 1.54) is 19.4 Å². The third kappa shape index (κ3) is 4.99. The number of aromatic hydroxyl groups is 1. The molecule has 3 aliphatic rings. The van der Waals surface area contributed by atoms with Crippen LogP contribution in [0.15, 0.2) is 30.5 Å². The van der Waals surface area contributed by atoms with Gasteiger partial charge in [-0.1, -0.05) is 0 Å². The van der Waals surface area contributed by atoms with Gasteiger partial charge in [-0.2, -0.15) is 0 Å². The van der Waals surface area contributed by atoms with E-state index in [1.54, 1.807) is 18.2 Å². The van der Waals surface area contributed by atoms with Crippen LogP contribution in [0.5, 0.6) is 11.6 Å². The molecule has 2 bridgehead atoms. The van der Waals surface area contributed by atoms with Crippen LogP contribution in [-0.2, 0) is 29.0 Å². The van der Waals surface area contributed by atoms with Gasteiger partial charge in [-0.3, -0.25) is 13.9 Å². The fourth-order valence-corrected chi connectivity index (χ4v) is 5.43. The van der Waals surface area contributed by atoms with Crippen molar-refractivity contribution >= 4 is 28.1 Å². The van der Waals surface area contributed by atoms with Crippen molar-refractivity contribution in [3.63, 3.8) is 0 Å². The standard InChI is InChI=1S/C24H28FN5O5S/c1-34-20-5-3-18-21(29-20)16(17(25)13-26-18)6-7-24-10-8-23(9-11-24,14-35-24)27-12-15-2-4-19(31)22(28-15)30-36(32)33/h2-5,13,27,31H,6-12,14H2,1H3,(H,28,30)(H,32,33)/p-1. The number of fused-ring (bicyclic) bond motifs is 4. The number of hydrogen-bond acceptors (Lipinski definition) is 9. The maximum atomic E-state index is 14.7. The van der Waals surface area contributed by atoms with Gasteiger partial charge in [0, 0.05) is 35.0 Å². The molecule has 10 nitrogen and oxygen atoms in total. The Morgan fingerprint density at radius 3 is 2.72 bits per heavy atom. The van der Waals surface area contributed by atoms with Crippen molar-refractivity contribution in [3.8, 4) is 11.6 Å². The highest BCUT2D eigenvalue weighted by atomic mass is 32.2. The number of methoxy groups -OCH3 is 1. The van der Waals surface area contributed by atoms with Gasteiger partial charge in [0.2, 0.25) is 5.88 Å². The normalized spacial score (nSPS) is 24.1. The molecular weight excluding hydrogens is 489 g/mol. The van der Waals surface area contributed by atoms with E-state index in [0.29, 0.717) is 54.2 Å². The molecule has 0 radical (unpaired) electrons. The molecule has 0 spiro atoms. The average Bonchev–Trinajstić information content (AvgIpc) is 2.89. The topological polar surface area (TPSA) is 142 Å². The Balaban J connectivity index is 1.23. The van der Waals surface area contributed by atoms with Crippen molar-refractivity contribution in [2.75, 3.05) is 18.4 Å². The zero-order valence-electron chi connectivity index (χ0n) is 19.8. The highest BCUT2D eigenvalue weighted by Crippen LogP contribution is 2.46. The Morgan fingerprint density at radius 2 is 2.03 bits per heavy atom. The molecule has 2 saturated heterocycles. The molecule has 2 aliphatic heterocycles. The summed E-state index contributed by atoms with van der Waals surface area (Å²) >= 11 is -2.58. The van der Waals surface area contributed by atoms with Crippen LogP contribution < -0.4 is 14.8 Å². The van der Waals surface area contributed by atoms with Crippen molar-refractivity contribution in [1.82, 2.24) is 20.3 Å². The number of aryl methyl sites for hydroxylation is 1. The molecule has 12 heteroatoms. The van der Waals surface area contributed by atoms with Crippen molar-refractivity contribution in [3.05, 3.63) is 47.5 Å². The molecule has 3 fully saturated rings. The highest BCUT2D eigenvalue weighted by Gasteiger charge is 2.49. The Kier molecular flexibility index (Phi) is 6.77. The summed E-state index contributed by atoms with van der Waals surface area (Å²) in [7, 11) is 1.53. The van der Waals surface area contributed by atoms with E-state index in [4.69, 9.17) is 9.47 Å². The number of aromatic nitrogens is 3. The minimum atomic E-state index is -2.58. The molecule has 3 aromatic heterocycles. The lowest BCUT2D eigenvalue weighted by atomic mass is 9.69. The van der Waals surface area contributed by atoms with Crippen molar-refractivity contribution < 1.29 is 27.7 Å². The number of nitrogens with one attached hydrogen (secondary N) is 2. The molecule has 5 heterocycles. The Bertz CT molecular complexity index is 1280.